The van der Waals surface area contributed by atoms with Gasteiger partial charge in [0.25, 0.3) is 11.8 Å². The number of methoxy groups -OCH3 is 1. The van der Waals surface area contributed by atoms with Crippen molar-refractivity contribution in [1.82, 2.24) is 10.6 Å². The van der Waals surface area contributed by atoms with E-state index in [2.05, 4.69) is 20.7 Å². The Bertz CT molecular complexity index is 912. The summed E-state index contributed by atoms with van der Waals surface area (Å²) in [5.74, 6) is -1.21. The lowest BCUT2D eigenvalue weighted by atomic mass is 10.1. The summed E-state index contributed by atoms with van der Waals surface area (Å²) in [6, 6.07) is 12.9. The number of hydrogen-bond donors (Lipinski definition) is 3. The maximum absolute atomic E-state index is 12.4. The van der Waals surface area contributed by atoms with Gasteiger partial charge in [-0.3, -0.25) is 14.9 Å². The largest absolute Gasteiger partial charge is 0.465 e. The van der Waals surface area contributed by atoms with E-state index in [1.165, 1.54) is 13.2 Å². The van der Waals surface area contributed by atoms with Crippen LogP contribution in [0.5, 0.6) is 0 Å². The van der Waals surface area contributed by atoms with Gasteiger partial charge in [-0.2, -0.15) is 0 Å². The van der Waals surface area contributed by atoms with Crippen molar-refractivity contribution in [2.75, 3.05) is 12.4 Å². The minimum absolute atomic E-state index is 0.0187. The van der Waals surface area contributed by atoms with E-state index in [0.717, 1.165) is 0 Å². The predicted octanol–water partition coefficient (Wildman–Crippen LogP) is 2.74. The minimum atomic E-state index is -0.535. The molecule has 7 nitrogen and oxygen atoms in total. The molecule has 0 bridgehead atoms. The zero-order valence-corrected chi connectivity index (χ0v) is 16.6. The van der Waals surface area contributed by atoms with E-state index < -0.39 is 11.9 Å². The van der Waals surface area contributed by atoms with Crippen LogP contribution in [0.1, 0.15) is 44.9 Å². The normalized spacial score (nSPS) is 10.1. The first kappa shape index (κ1) is 21.0. The molecule has 2 amide bonds. The van der Waals surface area contributed by atoms with Crippen molar-refractivity contribution in [2.24, 2.45) is 0 Å². The molecule has 0 fully saturated rings. The van der Waals surface area contributed by atoms with E-state index in [-0.39, 0.29) is 28.2 Å². The maximum atomic E-state index is 12.4. The summed E-state index contributed by atoms with van der Waals surface area (Å²) < 4.78 is 4.64. The van der Waals surface area contributed by atoms with Gasteiger partial charge in [-0.05, 0) is 62.5 Å². The number of ether oxygens (including phenoxy) is 1. The van der Waals surface area contributed by atoms with Crippen LogP contribution in [-0.4, -0.2) is 36.0 Å². The van der Waals surface area contributed by atoms with Gasteiger partial charge in [-0.25, -0.2) is 4.79 Å². The second-order valence-electron chi connectivity index (χ2n) is 6.19. The van der Waals surface area contributed by atoms with Gasteiger partial charge in [0.15, 0.2) is 5.11 Å². The van der Waals surface area contributed by atoms with Crippen LogP contribution < -0.4 is 16.0 Å². The Labute approximate surface area is 168 Å². The van der Waals surface area contributed by atoms with Crippen molar-refractivity contribution in [3.05, 3.63) is 65.2 Å². The number of rotatable bonds is 5. The fourth-order valence-electron chi connectivity index (χ4n) is 2.33. The van der Waals surface area contributed by atoms with E-state index in [4.69, 9.17) is 12.2 Å². The lowest BCUT2D eigenvalue weighted by Crippen LogP contribution is -2.34. The summed E-state index contributed by atoms with van der Waals surface area (Å²) in [6.07, 6.45) is 0. The Balaban J connectivity index is 2.03. The van der Waals surface area contributed by atoms with E-state index in [1.807, 2.05) is 13.8 Å². The molecule has 146 valence electrons. The van der Waals surface area contributed by atoms with Gasteiger partial charge in [-0.15, -0.1) is 0 Å². The zero-order valence-electron chi connectivity index (χ0n) is 15.7. The van der Waals surface area contributed by atoms with Crippen LogP contribution in [0.15, 0.2) is 48.5 Å². The quantitative estimate of drug-likeness (QED) is 0.528. The Morgan fingerprint density at radius 3 is 2.18 bits per heavy atom. The summed E-state index contributed by atoms with van der Waals surface area (Å²) in [7, 11) is 1.27. The summed E-state index contributed by atoms with van der Waals surface area (Å²) in [6.45, 7) is 3.75. The lowest BCUT2D eigenvalue weighted by Gasteiger charge is -2.12. The van der Waals surface area contributed by atoms with Gasteiger partial charge in [0, 0.05) is 22.9 Å². The monoisotopic (exact) mass is 399 g/mol. The van der Waals surface area contributed by atoms with Gasteiger partial charge in [0.1, 0.15) is 0 Å². The van der Waals surface area contributed by atoms with E-state index in [0.29, 0.717) is 11.3 Å². The molecule has 2 rings (SSSR count). The molecule has 28 heavy (non-hydrogen) atoms. The zero-order chi connectivity index (χ0) is 20.7. The van der Waals surface area contributed by atoms with Crippen molar-refractivity contribution in [1.29, 1.82) is 0 Å². The number of carbonyl (C=O) groups is 3. The van der Waals surface area contributed by atoms with E-state index in [1.54, 1.807) is 42.5 Å². The number of amides is 2. The fraction of sp³-hybridized carbons (Fsp3) is 0.200. The molecule has 0 aromatic heterocycles. The second-order valence-corrected chi connectivity index (χ2v) is 6.60. The predicted molar refractivity (Wildman–Crippen MR) is 111 cm³/mol. The molecule has 0 unspecified atom stereocenters. The molecular formula is C20H21N3O4S. The summed E-state index contributed by atoms with van der Waals surface area (Å²) in [4.78, 5) is 36.0. The highest BCUT2D eigenvalue weighted by Gasteiger charge is 2.13. The topological polar surface area (TPSA) is 96.5 Å². The van der Waals surface area contributed by atoms with E-state index >= 15 is 0 Å². The van der Waals surface area contributed by atoms with Gasteiger partial charge >= 0.3 is 5.97 Å². The Morgan fingerprint density at radius 1 is 0.929 bits per heavy atom. The van der Waals surface area contributed by atoms with Crippen LogP contribution in [0, 0.1) is 0 Å². The molecule has 2 aromatic carbocycles. The van der Waals surface area contributed by atoms with Crippen molar-refractivity contribution in [2.45, 2.75) is 19.9 Å². The molecule has 0 saturated heterocycles. The number of thiocarbonyl (C=S) groups is 1. The third-order valence-corrected chi connectivity index (χ3v) is 3.78. The van der Waals surface area contributed by atoms with Gasteiger partial charge in [0.05, 0.1) is 12.7 Å². The van der Waals surface area contributed by atoms with Crippen LogP contribution in [0.4, 0.5) is 5.69 Å². The standard InChI is InChI=1S/C20H21N3O4S/c1-12(2)21-17(24)14-7-5-9-16(11-14)22-20(28)23-18(25)13-6-4-8-15(10-13)19(26)27-3/h4-12H,1-3H3,(H,21,24)(H2,22,23,25,28). The van der Waals surface area contributed by atoms with Crippen LogP contribution in [0.3, 0.4) is 0 Å². The summed E-state index contributed by atoms with van der Waals surface area (Å²) in [5, 5.41) is 8.28. The summed E-state index contributed by atoms with van der Waals surface area (Å²) >= 11 is 5.16. The molecule has 0 heterocycles. The molecule has 0 aliphatic heterocycles. The van der Waals surface area contributed by atoms with E-state index in [9.17, 15) is 14.4 Å². The first-order chi connectivity index (χ1) is 13.3. The van der Waals surface area contributed by atoms with Crippen LogP contribution >= 0.6 is 12.2 Å². The number of anilines is 1. The molecular weight excluding hydrogens is 378 g/mol. The molecule has 3 N–H and O–H groups in total. The highest BCUT2D eigenvalue weighted by atomic mass is 32.1. The second kappa shape index (κ2) is 9.61. The fourth-order valence-corrected chi connectivity index (χ4v) is 2.54. The van der Waals surface area contributed by atoms with Gasteiger partial charge in [-0.1, -0.05) is 12.1 Å². The molecule has 8 heteroatoms. The van der Waals surface area contributed by atoms with Crippen molar-refractivity contribution in [3.8, 4) is 0 Å². The highest BCUT2D eigenvalue weighted by molar-refractivity contribution is 7.80. The number of esters is 1. The van der Waals surface area contributed by atoms with Crippen molar-refractivity contribution >= 4 is 40.8 Å². The van der Waals surface area contributed by atoms with Crippen molar-refractivity contribution in [3.63, 3.8) is 0 Å². The van der Waals surface area contributed by atoms with Crippen molar-refractivity contribution < 1.29 is 19.1 Å². The first-order valence-corrected chi connectivity index (χ1v) is 8.92. The number of hydrogen-bond acceptors (Lipinski definition) is 5. The molecule has 0 radical (unpaired) electrons. The highest BCUT2D eigenvalue weighted by Crippen LogP contribution is 2.11. The van der Waals surface area contributed by atoms with Crippen LogP contribution in [0.25, 0.3) is 0 Å². The Morgan fingerprint density at radius 2 is 1.54 bits per heavy atom. The molecule has 2 aromatic rings. The number of nitrogens with one attached hydrogen (secondary N) is 3. The first-order valence-electron chi connectivity index (χ1n) is 8.51. The maximum Gasteiger partial charge on any atom is 0.337 e. The third-order valence-electron chi connectivity index (χ3n) is 3.58. The Kier molecular flexibility index (Phi) is 7.22. The van der Waals surface area contributed by atoms with Gasteiger partial charge < -0.3 is 15.4 Å². The average Bonchev–Trinajstić information content (AvgIpc) is 2.67. The van der Waals surface area contributed by atoms with Crippen LogP contribution in [-0.2, 0) is 4.74 Å². The summed E-state index contributed by atoms with van der Waals surface area (Å²) in [5.41, 5.74) is 1.55. The molecule has 0 atom stereocenters. The minimum Gasteiger partial charge on any atom is -0.465 e. The molecule has 0 spiro atoms. The lowest BCUT2D eigenvalue weighted by molar-refractivity contribution is 0.0600. The number of benzene rings is 2. The third kappa shape index (κ3) is 5.88. The molecule has 0 aliphatic carbocycles. The Hall–Kier alpha value is -3.26. The van der Waals surface area contributed by atoms with Crippen LogP contribution in [0.2, 0.25) is 0 Å². The molecule has 0 aliphatic rings. The smallest absolute Gasteiger partial charge is 0.337 e. The molecule has 0 saturated carbocycles. The van der Waals surface area contributed by atoms with Gasteiger partial charge in [0.2, 0.25) is 0 Å². The number of carbonyl (C=O) groups excluding carboxylic acids is 3. The average molecular weight is 399 g/mol. The SMILES string of the molecule is COC(=O)c1cccc(C(=O)NC(=S)Nc2cccc(C(=O)NC(C)C)c2)c1.